The van der Waals surface area contributed by atoms with Gasteiger partial charge in [-0.1, -0.05) is 24.3 Å². The summed E-state index contributed by atoms with van der Waals surface area (Å²) in [6.07, 6.45) is 0.395. The van der Waals surface area contributed by atoms with Crippen molar-refractivity contribution >= 4 is 45.2 Å². The minimum atomic E-state index is -0.976. The first kappa shape index (κ1) is 25.5. The molecule has 2 aliphatic heterocycles. The van der Waals surface area contributed by atoms with Crippen molar-refractivity contribution in [1.82, 2.24) is 14.9 Å². The van der Waals surface area contributed by atoms with Gasteiger partial charge in [0.05, 0.1) is 17.1 Å². The van der Waals surface area contributed by atoms with Gasteiger partial charge in [-0.2, -0.15) is 4.98 Å². The highest BCUT2D eigenvalue weighted by atomic mass is 35.5. The van der Waals surface area contributed by atoms with Gasteiger partial charge in [0.2, 0.25) is 5.28 Å². The van der Waals surface area contributed by atoms with Crippen LogP contribution in [0.2, 0.25) is 5.28 Å². The highest BCUT2D eigenvalue weighted by Crippen LogP contribution is 2.43. The standard InChI is InChI=1S/C28H25ClF2N4O4/c1-28-8-7-16(35(28)27(36)37)12-34(13-28)25-20-11-21(30)22(23(31)24(20)32-26(29)33-25)19-10-17(39-14-38-2)9-15-5-3-4-6-18(15)19/h3-6,9-11,16H,7-8,12-14H2,1-2H3,(H,36,37). The fraction of sp³-hybridized carbons (Fsp3) is 0.321. The molecule has 202 valence electrons. The van der Waals surface area contributed by atoms with Gasteiger partial charge in [0.25, 0.3) is 0 Å². The van der Waals surface area contributed by atoms with E-state index in [0.717, 1.165) is 5.39 Å². The maximum atomic E-state index is 16.3. The maximum Gasteiger partial charge on any atom is 0.408 e. The third kappa shape index (κ3) is 4.18. The number of hydrogen-bond acceptors (Lipinski definition) is 6. The van der Waals surface area contributed by atoms with E-state index >= 15 is 8.78 Å². The van der Waals surface area contributed by atoms with E-state index in [0.29, 0.717) is 42.6 Å². The normalized spacial score (nSPS) is 20.7. The molecule has 2 saturated heterocycles. The lowest BCUT2D eigenvalue weighted by atomic mass is 9.95. The molecule has 3 heterocycles. The largest absolute Gasteiger partial charge is 0.468 e. The molecule has 0 aliphatic carbocycles. The molecule has 0 radical (unpaired) electrons. The topological polar surface area (TPSA) is 88.0 Å². The number of amides is 1. The van der Waals surface area contributed by atoms with Crippen LogP contribution in [0.5, 0.6) is 5.75 Å². The zero-order valence-corrected chi connectivity index (χ0v) is 22.0. The quantitative estimate of drug-likeness (QED) is 0.236. The molecule has 4 aromatic rings. The maximum absolute atomic E-state index is 16.3. The fourth-order valence-electron chi connectivity index (χ4n) is 6.12. The number of nitrogens with zero attached hydrogens (tertiary/aromatic N) is 4. The number of halogens is 3. The first-order chi connectivity index (χ1) is 18.7. The fourth-order valence-corrected chi connectivity index (χ4v) is 6.28. The lowest BCUT2D eigenvalue weighted by Crippen LogP contribution is -2.62. The number of aromatic nitrogens is 2. The molecule has 2 unspecified atom stereocenters. The van der Waals surface area contributed by atoms with E-state index in [1.54, 1.807) is 24.3 Å². The van der Waals surface area contributed by atoms with Crippen LogP contribution < -0.4 is 9.64 Å². The second-order valence-electron chi connectivity index (χ2n) is 10.2. The van der Waals surface area contributed by atoms with E-state index in [4.69, 9.17) is 21.1 Å². The molecule has 3 aromatic carbocycles. The molecule has 11 heteroatoms. The van der Waals surface area contributed by atoms with Gasteiger partial charge in [-0.25, -0.2) is 18.6 Å². The molecular weight excluding hydrogens is 530 g/mol. The zero-order valence-electron chi connectivity index (χ0n) is 21.2. The average molecular weight is 555 g/mol. The second-order valence-corrected chi connectivity index (χ2v) is 10.6. The summed E-state index contributed by atoms with van der Waals surface area (Å²) in [5.41, 5.74) is -0.734. The third-order valence-corrected chi connectivity index (χ3v) is 7.88. The van der Waals surface area contributed by atoms with Crippen LogP contribution >= 0.6 is 11.6 Å². The number of ether oxygens (including phenoxy) is 2. The Morgan fingerprint density at radius 1 is 1.21 bits per heavy atom. The molecule has 0 saturated carbocycles. The summed E-state index contributed by atoms with van der Waals surface area (Å²) in [4.78, 5) is 23.8. The second kappa shape index (κ2) is 9.46. The predicted octanol–water partition coefficient (Wildman–Crippen LogP) is 6.09. The summed E-state index contributed by atoms with van der Waals surface area (Å²) in [6, 6.07) is 11.5. The Morgan fingerprint density at radius 2 is 2.00 bits per heavy atom. The SMILES string of the molecule is COCOc1cc(-c2c(F)cc3c(N4CC5CCC(C)(C4)N5C(=O)O)nc(Cl)nc3c2F)c2ccccc2c1. The monoisotopic (exact) mass is 554 g/mol. The van der Waals surface area contributed by atoms with Crippen LogP contribution in [0.1, 0.15) is 19.8 Å². The van der Waals surface area contributed by atoms with Crippen molar-refractivity contribution in [2.45, 2.75) is 31.3 Å². The predicted molar refractivity (Wildman–Crippen MR) is 143 cm³/mol. The van der Waals surface area contributed by atoms with Gasteiger partial charge in [-0.3, -0.25) is 4.90 Å². The summed E-state index contributed by atoms with van der Waals surface area (Å²) in [7, 11) is 1.49. The van der Waals surface area contributed by atoms with Crippen molar-refractivity contribution in [2.24, 2.45) is 0 Å². The number of hydrogen-bond donors (Lipinski definition) is 1. The Kier molecular flexibility index (Phi) is 6.19. The van der Waals surface area contributed by atoms with Crippen LogP contribution in [-0.4, -0.2) is 64.6 Å². The Labute approximate surface area is 227 Å². The van der Waals surface area contributed by atoms with Gasteiger partial charge in [-0.15, -0.1) is 0 Å². The van der Waals surface area contributed by atoms with Gasteiger partial charge in [0.15, 0.2) is 12.6 Å². The van der Waals surface area contributed by atoms with E-state index in [1.807, 2.05) is 24.0 Å². The number of carbonyl (C=O) groups is 1. The Morgan fingerprint density at radius 3 is 2.74 bits per heavy atom. The highest BCUT2D eigenvalue weighted by Gasteiger charge is 2.51. The van der Waals surface area contributed by atoms with Crippen molar-refractivity contribution < 1.29 is 28.2 Å². The number of methoxy groups -OCH3 is 1. The molecule has 2 fully saturated rings. The Hall–Kier alpha value is -3.76. The van der Waals surface area contributed by atoms with Gasteiger partial charge < -0.3 is 19.5 Å². The molecular formula is C28H25ClF2N4O4. The lowest BCUT2D eigenvalue weighted by Gasteiger charge is -2.46. The van der Waals surface area contributed by atoms with Crippen LogP contribution in [0, 0.1) is 11.6 Å². The van der Waals surface area contributed by atoms with Gasteiger partial charge in [-0.05, 0) is 65.9 Å². The van der Waals surface area contributed by atoms with E-state index in [-0.39, 0.29) is 40.4 Å². The molecule has 0 spiro atoms. The number of carboxylic acid groups (broad SMARTS) is 1. The highest BCUT2D eigenvalue weighted by molar-refractivity contribution is 6.29. The molecule has 6 rings (SSSR count). The summed E-state index contributed by atoms with van der Waals surface area (Å²) in [6.45, 7) is 2.49. The first-order valence-electron chi connectivity index (χ1n) is 12.5. The summed E-state index contributed by atoms with van der Waals surface area (Å²) in [5.74, 6) is -0.993. The van der Waals surface area contributed by atoms with Crippen LogP contribution in [0.4, 0.5) is 19.4 Å². The molecule has 39 heavy (non-hydrogen) atoms. The van der Waals surface area contributed by atoms with E-state index in [2.05, 4.69) is 9.97 Å². The van der Waals surface area contributed by atoms with Crippen molar-refractivity contribution in [3.8, 4) is 16.9 Å². The average Bonchev–Trinajstić information content (AvgIpc) is 3.12. The Balaban J connectivity index is 1.51. The molecule has 2 atom stereocenters. The van der Waals surface area contributed by atoms with Crippen molar-refractivity contribution in [3.63, 3.8) is 0 Å². The number of benzene rings is 3. The van der Waals surface area contributed by atoms with Gasteiger partial charge in [0, 0.05) is 25.6 Å². The van der Waals surface area contributed by atoms with E-state index in [9.17, 15) is 9.90 Å². The van der Waals surface area contributed by atoms with Crippen molar-refractivity contribution in [1.29, 1.82) is 0 Å². The number of piperazine rings is 1. The van der Waals surface area contributed by atoms with Gasteiger partial charge in [0.1, 0.15) is 22.9 Å². The smallest absolute Gasteiger partial charge is 0.408 e. The van der Waals surface area contributed by atoms with E-state index in [1.165, 1.54) is 18.1 Å². The number of fused-ring (bicyclic) bond motifs is 4. The van der Waals surface area contributed by atoms with E-state index < -0.39 is 23.3 Å². The Bertz CT molecular complexity index is 1640. The van der Waals surface area contributed by atoms with Crippen LogP contribution in [0.25, 0.3) is 32.8 Å². The minimum Gasteiger partial charge on any atom is -0.468 e. The first-order valence-corrected chi connectivity index (χ1v) is 12.9. The van der Waals surface area contributed by atoms with Crippen LogP contribution in [0.15, 0.2) is 42.5 Å². The summed E-state index contributed by atoms with van der Waals surface area (Å²) in [5, 5.41) is 11.1. The lowest BCUT2D eigenvalue weighted by molar-refractivity contribution is 0.0512. The minimum absolute atomic E-state index is 0.0261. The molecule has 2 aliphatic rings. The summed E-state index contributed by atoms with van der Waals surface area (Å²) < 4.78 is 42.8. The molecule has 1 N–H and O–H groups in total. The van der Waals surface area contributed by atoms with Gasteiger partial charge >= 0.3 is 6.09 Å². The molecule has 1 amide bonds. The summed E-state index contributed by atoms with van der Waals surface area (Å²) >= 11 is 6.29. The number of rotatable bonds is 5. The third-order valence-electron chi connectivity index (χ3n) is 7.71. The van der Waals surface area contributed by atoms with Crippen molar-refractivity contribution in [3.05, 3.63) is 59.4 Å². The van der Waals surface area contributed by atoms with Crippen molar-refractivity contribution in [2.75, 3.05) is 31.9 Å². The molecule has 2 bridgehead atoms. The van der Waals surface area contributed by atoms with Crippen LogP contribution in [0.3, 0.4) is 0 Å². The molecule has 1 aromatic heterocycles. The zero-order chi connectivity index (χ0) is 27.5. The molecule has 8 nitrogen and oxygen atoms in total. The van der Waals surface area contributed by atoms with Crippen LogP contribution in [-0.2, 0) is 4.74 Å². The number of anilines is 1.